The number of carbonyl (C=O) groups excluding carboxylic acids is 1. The Balaban J connectivity index is 1.92. The van der Waals surface area contributed by atoms with Gasteiger partial charge in [0.15, 0.2) is 0 Å². The van der Waals surface area contributed by atoms with Gasteiger partial charge in [0, 0.05) is 6.54 Å². The third kappa shape index (κ3) is 5.45. The zero-order valence-electron chi connectivity index (χ0n) is 13.6. The Labute approximate surface area is 151 Å². The third-order valence-electron chi connectivity index (χ3n) is 3.13. The first-order valence-electron chi connectivity index (χ1n) is 7.58. The number of nitrogens with one attached hydrogen (secondary N) is 1. The van der Waals surface area contributed by atoms with Crippen molar-refractivity contribution in [1.82, 2.24) is 4.72 Å². The molecule has 2 rings (SSSR count). The van der Waals surface area contributed by atoms with Gasteiger partial charge < -0.3 is 9.47 Å². The molecule has 0 unspecified atom stereocenters. The summed E-state index contributed by atoms with van der Waals surface area (Å²) in [5.74, 6) is -0.129. The standard InChI is InChI=1S/C17H18ClNO5S/c1-2-19-25(21,22)14-7-5-6-13(12-14)17(20)24-11-10-23-16-9-4-3-8-15(16)18/h3-9,12,19H,2,10-11H2,1H3. The molecule has 0 aliphatic carbocycles. The van der Waals surface area contributed by atoms with E-state index in [1.54, 1.807) is 31.2 Å². The largest absolute Gasteiger partial charge is 0.488 e. The van der Waals surface area contributed by atoms with Gasteiger partial charge in [-0.2, -0.15) is 0 Å². The summed E-state index contributed by atoms with van der Waals surface area (Å²) in [5, 5.41) is 0.468. The fraction of sp³-hybridized carbons (Fsp3) is 0.235. The molecule has 2 aromatic carbocycles. The number of para-hydroxylation sites is 1. The molecular formula is C17H18ClNO5S. The predicted octanol–water partition coefficient (Wildman–Crippen LogP) is 2.87. The van der Waals surface area contributed by atoms with E-state index in [1.165, 1.54) is 24.3 Å². The van der Waals surface area contributed by atoms with Crippen LogP contribution in [0.4, 0.5) is 0 Å². The molecular weight excluding hydrogens is 366 g/mol. The Kier molecular flexibility index (Phi) is 6.81. The molecule has 0 saturated heterocycles. The fourth-order valence-electron chi connectivity index (χ4n) is 1.99. The molecule has 0 aromatic heterocycles. The molecule has 0 radical (unpaired) electrons. The molecule has 0 spiro atoms. The lowest BCUT2D eigenvalue weighted by molar-refractivity contribution is 0.0450. The second-order valence-corrected chi connectivity index (χ2v) is 7.12. The first kappa shape index (κ1) is 19.2. The van der Waals surface area contributed by atoms with Crippen LogP contribution in [0.25, 0.3) is 0 Å². The minimum absolute atomic E-state index is 0.00818. The molecule has 0 aliphatic heterocycles. The zero-order valence-corrected chi connectivity index (χ0v) is 15.1. The number of benzene rings is 2. The van der Waals surface area contributed by atoms with E-state index in [0.29, 0.717) is 10.8 Å². The quantitative estimate of drug-likeness (QED) is 0.560. The number of hydrogen-bond acceptors (Lipinski definition) is 5. The van der Waals surface area contributed by atoms with E-state index in [-0.39, 0.29) is 30.2 Å². The van der Waals surface area contributed by atoms with Crippen molar-refractivity contribution in [2.75, 3.05) is 19.8 Å². The van der Waals surface area contributed by atoms with Crippen molar-refractivity contribution in [3.05, 3.63) is 59.1 Å². The second kappa shape index (κ2) is 8.84. The van der Waals surface area contributed by atoms with Gasteiger partial charge in [-0.3, -0.25) is 0 Å². The average molecular weight is 384 g/mol. The van der Waals surface area contributed by atoms with Crippen molar-refractivity contribution in [1.29, 1.82) is 0 Å². The highest BCUT2D eigenvalue weighted by Crippen LogP contribution is 2.22. The molecule has 2 aromatic rings. The maximum absolute atomic E-state index is 12.0. The fourth-order valence-corrected chi connectivity index (χ4v) is 3.27. The summed E-state index contributed by atoms with van der Waals surface area (Å²) in [7, 11) is -3.63. The van der Waals surface area contributed by atoms with E-state index in [1.807, 2.05) is 0 Å². The first-order chi connectivity index (χ1) is 11.9. The Hall–Kier alpha value is -2.09. The van der Waals surface area contributed by atoms with Gasteiger partial charge in [0.25, 0.3) is 0 Å². The van der Waals surface area contributed by atoms with Gasteiger partial charge in [0.05, 0.1) is 15.5 Å². The predicted molar refractivity (Wildman–Crippen MR) is 94.5 cm³/mol. The van der Waals surface area contributed by atoms with Crippen LogP contribution >= 0.6 is 11.6 Å². The summed E-state index contributed by atoms with van der Waals surface area (Å²) >= 11 is 5.95. The summed E-state index contributed by atoms with van der Waals surface area (Å²) in [6, 6.07) is 12.6. The van der Waals surface area contributed by atoms with Crippen LogP contribution in [0.1, 0.15) is 17.3 Å². The lowest BCUT2D eigenvalue weighted by atomic mass is 10.2. The van der Waals surface area contributed by atoms with Crippen LogP contribution in [0.2, 0.25) is 5.02 Å². The van der Waals surface area contributed by atoms with Gasteiger partial charge in [0.1, 0.15) is 19.0 Å². The van der Waals surface area contributed by atoms with Crippen molar-refractivity contribution in [2.24, 2.45) is 0 Å². The summed E-state index contributed by atoms with van der Waals surface area (Å²) < 4.78 is 36.8. The molecule has 25 heavy (non-hydrogen) atoms. The number of halogens is 1. The molecule has 0 bridgehead atoms. The van der Waals surface area contributed by atoms with Crippen LogP contribution < -0.4 is 9.46 Å². The molecule has 0 atom stereocenters. The van der Waals surface area contributed by atoms with Crippen LogP contribution in [0.5, 0.6) is 5.75 Å². The van der Waals surface area contributed by atoms with Crippen LogP contribution in [0, 0.1) is 0 Å². The van der Waals surface area contributed by atoms with Crippen LogP contribution in [0.3, 0.4) is 0 Å². The molecule has 134 valence electrons. The number of esters is 1. The summed E-state index contributed by atoms with van der Waals surface area (Å²) in [4.78, 5) is 12.1. The van der Waals surface area contributed by atoms with E-state index >= 15 is 0 Å². The lowest BCUT2D eigenvalue weighted by Gasteiger charge is -2.09. The first-order valence-corrected chi connectivity index (χ1v) is 9.44. The van der Waals surface area contributed by atoms with Crippen LogP contribution in [-0.4, -0.2) is 34.1 Å². The Bertz CT molecular complexity index is 838. The number of hydrogen-bond donors (Lipinski definition) is 1. The molecule has 8 heteroatoms. The van der Waals surface area contributed by atoms with Gasteiger partial charge in [0.2, 0.25) is 10.0 Å². The SMILES string of the molecule is CCNS(=O)(=O)c1cccc(C(=O)OCCOc2ccccc2Cl)c1. The summed E-state index contributed by atoms with van der Waals surface area (Å²) in [5.41, 5.74) is 0.150. The molecule has 0 fully saturated rings. The van der Waals surface area contributed by atoms with Crippen molar-refractivity contribution >= 4 is 27.6 Å². The van der Waals surface area contributed by atoms with E-state index < -0.39 is 16.0 Å². The highest BCUT2D eigenvalue weighted by atomic mass is 35.5. The van der Waals surface area contributed by atoms with E-state index in [0.717, 1.165) is 0 Å². The van der Waals surface area contributed by atoms with Crippen molar-refractivity contribution in [3.8, 4) is 5.75 Å². The van der Waals surface area contributed by atoms with Gasteiger partial charge in [-0.05, 0) is 30.3 Å². The third-order valence-corrected chi connectivity index (χ3v) is 4.98. The van der Waals surface area contributed by atoms with Crippen LogP contribution in [-0.2, 0) is 14.8 Å². The smallest absolute Gasteiger partial charge is 0.338 e. The maximum atomic E-state index is 12.0. The lowest BCUT2D eigenvalue weighted by Crippen LogP contribution is -2.23. The Morgan fingerprint density at radius 3 is 2.60 bits per heavy atom. The highest BCUT2D eigenvalue weighted by Gasteiger charge is 2.15. The van der Waals surface area contributed by atoms with Crippen molar-refractivity contribution in [2.45, 2.75) is 11.8 Å². The van der Waals surface area contributed by atoms with Crippen molar-refractivity contribution in [3.63, 3.8) is 0 Å². The molecule has 0 amide bonds. The van der Waals surface area contributed by atoms with Gasteiger partial charge in [-0.15, -0.1) is 0 Å². The monoisotopic (exact) mass is 383 g/mol. The second-order valence-electron chi connectivity index (χ2n) is 4.94. The number of rotatable bonds is 8. The minimum atomic E-state index is -3.63. The van der Waals surface area contributed by atoms with Gasteiger partial charge >= 0.3 is 5.97 Å². The van der Waals surface area contributed by atoms with E-state index in [2.05, 4.69) is 4.72 Å². The minimum Gasteiger partial charge on any atom is -0.488 e. The van der Waals surface area contributed by atoms with Crippen molar-refractivity contribution < 1.29 is 22.7 Å². The topological polar surface area (TPSA) is 81.7 Å². The van der Waals surface area contributed by atoms with Gasteiger partial charge in [-0.1, -0.05) is 36.7 Å². The van der Waals surface area contributed by atoms with Gasteiger partial charge in [-0.25, -0.2) is 17.9 Å². The normalized spacial score (nSPS) is 11.1. The molecule has 0 aliphatic rings. The highest BCUT2D eigenvalue weighted by molar-refractivity contribution is 7.89. The van der Waals surface area contributed by atoms with Crippen LogP contribution in [0.15, 0.2) is 53.4 Å². The molecule has 0 heterocycles. The van der Waals surface area contributed by atoms with E-state index in [4.69, 9.17) is 21.1 Å². The number of carbonyl (C=O) groups is 1. The zero-order chi connectivity index (χ0) is 18.3. The van der Waals surface area contributed by atoms with E-state index in [9.17, 15) is 13.2 Å². The number of sulfonamides is 1. The average Bonchev–Trinajstić information content (AvgIpc) is 2.60. The molecule has 6 nitrogen and oxygen atoms in total. The summed E-state index contributed by atoms with van der Waals surface area (Å²) in [6.07, 6.45) is 0. The Morgan fingerprint density at radius 1 is 1.12 bits per heavy atom. The maximum Gasteiger partial charge on any atom is 0.338 e. The molecule has 1 N–H and O–H groups in total. The summed E-state index contributed by atoms with van der Waals surface area (Å²) in [6.45, 7) is 2.07. The Morgan fingerprint density at radius 2 is 1.88 bits per heavy atom. The number of ether oxygens (including phenoxy) is 2. The molecule has 0 saturated carbocycles.